The number of ether oxygens (including phenoxy) is 2. The molecule has 0 saturated carbocycles. The summed E-state index contributed by atoms with van der Waals surface area (Å²) in [5, 5.41) is 0. The fourth-order valence-electron chi connectivity index (χ4n) is 3.83. The number of morpholine rings is 1. The summed E-state index contributed by atoms with van der Waals surface area (Å²) < 4.78 is 67.4. The molecule has 1 aromatic heterocycles. The van der Waals surface area contributed by atoms with E-state index >= 15 is 0 Å². The normalized spacial score (nSPS) is 24.1. The summed E-state index contributed by atoms with van der Waals surface area (Å²) in [5.41, 5.74) is 0.494. The molecule has 30 heavy (non-hydrogen) atoms. The molecule has 0 N–H and O–H groups in total. The number of pyridine rings is 1. The van der Waals surface area contributed by atoms with Gasteiger partial charge in [0.05, 0.1) is 32.5 Å². The Kier molecular flexibility index (Phi) is 6.12. The monoisotopic (exact) mass is 439 g/mol. The molecule has 0 bridgehead atoms. The highest BCUT2D eigenvalue weighted by Crippen LogP contribution is 2.29. The summed E-state index contributed by atoms with van der Waals surface area (Å²) in [4.78, 5) is 5.37. The van der Waals surface area contributed by atoms with Gasteiger partial charge in [-0.2, -0.15) is 4.31 Å². The minimum atomic E-state index is -4.05. The summed E-state index contributed by atoms with van der Waals surface area (Å²) in [6.45, 7) is 1.75. The van der Waals surface area contributed by atoms with Crippen molar-refractivity contribution >= 4 is 10.0 Å². The van der Waals surface area contributed by atoms with Crippen molar-refractivity contribution in [3.05, 3.63) is 59.9 Å². The highest BCUT2D eigenvalue weighted by atomic mass is 32.2. The minimum absolute atomic E-state index is 0.0704. The van der Waals surface area contributed by atoms with Crippen molar-refractivity contribution in [2.75, 3.05) is 39.4 Å². The molecule has 1 unspecified atom stereocenters. The molecule has 2 fully saturated rings. The highest BCUT2D eigenvalue weighted by molar-refractivity contribution is 7.89. The first-order chi connectivity index (χ1) is 14.4. The zero-order valence-corrected chi connectivity index (χ0v) is 17.2. The van der Waals surface area contributed by atoms with Gasteiger partial charge < -0.3 is 9.47 Å². The maximum absolute atomic E-state index is 14.2. The predicted molar refractivity (Wildman–Crippen MR) is 104 cm³/mol. The van der Waals surface area contributed by atoms with Crippen molar-refractivity contribution in [1.82, 2.24) is 14.2 Å². The molecule has 0 radical (unpaired) electrons. The van der Waals surface area contributed by atoms with Gasteiger partial charge in [-0.15, -0.1) is 0 Å². The maximum atomic E-state index is 14.2. The van der Waals surface area contributed by atoms with Gasteiger partial charge in [0.1, 0.15) is 16.5 Å². The van der Waals surface area contributed by atoms with Crippen LogP contribution in [0.2, 0.25) is 0 Å². The zero-order chi connectivity index (χ0) is 21.2. The zero-order valence-electron chi connectivity index (χ0n) is 16.3. The van der Waals surface area contributed by atoms with Crippen LogP contribution in [0.3, 0.4) is 0 Å². The van der Waals surface area contributed by atoms with Crippen molar-refractivity contribution in [3.63, 3.8) is 0 Å². The van der Waals surface area contributed by atoms with E-state index in [1.807, 2.05) is 4.90 Å². The average molecular weight is 439 g/mol. The van der Waals surface area contributed by atoms with E-state index in [-0.39, 0.29) is 31.1 Å². The van der Waals surface area contributed by atoms with E-state index in [2.05, 4.69) is 4.98 Å². The number of nitrogens with zero attached hydrogens (tertiary/aromatic N) is 3. The Morgan fingerprint density at radius 1 is 1.03 bits per heavy atom. The lowest BCUT2D eigenvalue weighted by Crippen LogP contribution is -2.59. The van der Waals surface area contributed by atoms with Crippen LogP contribution in [0.25, 0.3) is 0 Å². The van der Waals surface area contributed by atoms with Crippen molar-refractivity contribution < 1.29 is 26.7 Å². The van der Waals surface area contributed by atoms with Crippen molar-refractivity contribution in [2.24, 2.45) is 0 Å². The highest BCUT2D eigenvalue weighted by Gasteiger charge is 2.44. The van der Waals surface area contributed by atoms with Crippen LogP contribution < -0.4 is 0 Å². The van der Waals surface area contributed by atoms with E-state index in [9.17, 15) is 17.2 Å². The standard InChI is InChI=1S/C20H23F2N3O4S/c21-17-4-1-2-5-19(17)30(26,27)25-9-11-29-20(15-25)14-24(8-3-10-28-20)13-16-6-7-23-12-18(16)22/h1-2,4-7,12H,3,8-11,13-15H2. The molecule has 2 aliphatic rings. The van der Waals surface area contributed by atoms with E-state index in [1.54, 1.807) is 6.07 Å². The molecule has 7 nitrogen and oxygen atoms in total. The molecule has 0 aliphatic carbocycles. The molecule has 2 aliphatic heterocycles. The molecule has 162 valence electrons. The Bertz CT molecular complexity index is 1010. The number of hydrogen-bond donors (Lipinski definition) is 0. The van der Waals surface area contributed by atoms with Crippen LogP contribution in [0.4, 0.5) is 8.78 Å². The fraction of sp³-hybridized carbons (Fsp3) is 0.450. The van der Waals surface area contributed by atoms with E-state index < -0.39 is 27.4 Å². The van der Waals surface area contributed by atoms with Crippen LogP contribution in [0.5, 0.6) is 0 Å². The van der Waals surface area contributed by atoms with Gasteiger partial charge in [0.25, 0.3) is 0 Å². The third kappa shape index (κ3) is 4.37. The average Bonchev–Trinajstić information content (AvgIpc) is 2.92. The quantitative estimate of drug-likeness (QED) is 0.726. The molecule has 1 aromatic carbocycles. The number of hydrogen-bond acceptors (Lipinski definition) is 6. The second-order valence-corrected chi connectivity index (χ2v) is 9.31. The molecular formula is C20H23F2N3O4S. The smallest absolute Gasteiger partial charge is 0.246 e. The molecule has 1 spiro atoms. The molecule has 0 amide bonds. The number of benzene rings is 1. The van der Waals surface area contributed by atoms with Gasteiger partial charge in [-0.25, -0.2) is 17.2 Å². The third-order valence-electron chi connectivity index (χ3n) is 5.28. The lowest BCUT2D eigenvalue weighted by Gasteiger charge is -2.42. The van der Waals surface area contributed by atoms with Crippen molar-refractivity contribution in [2.45, 2.75) is 23.6 Å². The van der Waals surface area contributed by atoms with Gasteiger partial charge >= 0.3 is 0 Å². The first kappa shape index (κ1) is 21.3. The number of halogens is 2. The van der Waals surface area contributed by atoms with E-state index in [0.717, 1.165) is 6.07 Å². The van der Waals surface area contributed by atoms with E-state index in [4.69, 9.17) is 9.47 Å². The second-order valence-electron chi connectivity index (χ2n) is 7.41. The van der Waals surface area contributed by atoms with Gasteiger partial charge in [-0.3, -0.25) is 9.88 Å². The van der Waals surface area contributed by atoms with Crippen LogP contribution in [-0.2, 0) is 26.0 Å². The van der Waals surface area contributed by atoms with Gasteiger partial charge in [-0.05, 0) is 24.6 Å². The molecule has 10 heteroatoms. The van der Waals surface area contributed by atoms with Crippen LogP contribution in [-0.4, -0.2) is 67.8 Å². The van der Waals surface area contributed by atoms with Crippen LogP contribution in [0.15, 0.2) is 47.6 Å². The van der Waals surface area contributed by atoms with Gasteiger partial charge in [0.15, 0.2) is 5.79 Å². The molecule has 2 aromatic rings. The van der Waals surface area contributed by atoms with Crippen molar-refractivity contribution in [1.29, 1.82) is 0 Å². The molecule has 4 rings (SSSR count). The van der Waals surface area contributed by atoms with E-state index in [0.29, 0.717) is 31.7 Å². The third-order valence-corrected chi connectivity index (χ3v) is 7.15. The Hall–Kier alpha value is -1.98. The minimum Gasteiger partial charge on any atom is -0.347 e. The van der Waals surface area contributed by atoms with Crippen LogP contribution >= 0.6 is 0 Å². The number of sulfonamides is 1. The summed E-state index contributed by atoms with van der Waals surface area (Å²) in [6, 6.07) is 6.92. The maximum Gasteiger partial charge on any atom is 0.246 e. The molecule has 2 saturated heterocycles. The van der Waals surface area contributed by atoms with E-state index in [1.165, 1.54) is 34.9 Å². The topological polar surface area (TPSA) is 72.0 Å². The SMILES string of the molecule is O=S(=O)(c1ccccc1F)N1CCOC2(CN(Cc3ccncc3F)CCCO2)C1. The first-order valence-electron chi connectivity index (χ1n) is 9.73. The first-order valence-corrected chi connectivity index (χ1v) is 11.2. The fourth-order valence-corrected chi connectivity index (χ4v) is 5.35. The summed E-state index contributed by atoms with van der Waals surface area (Å²) >= 11 is 0. The van der Waals surface area contributed by atoms with Gasteiger partial charge in [0.2, 0.25) is 10.0 Å². The number of rotatable bonds is 4. The molecule has 3 heterocycles. The van der Waals surface area contributed by atoms with Gasteiger partial charge in [0, 0.05) is 31.4 Å². The Labute approximate surface area is 174 Å². The Morgan fingerprint density at radius 2 is 1.83 bits per heavy atom. The van der Waals surface area contributed by atoms with Crippen LogP contribution in [0, 0.1) is 11.6 Å². The molecule has 1 atom stereocenters. The van der Waals surface area contributed by atoms with Crippen molar-refractivity contribution in [3.8, 4) is 0 Å². The lowest BCUT2D eigenvalue weighted by molar-refractivity contribution is -0.257. The summed E-state index contributed by atoms with van der Waals surface area (Å²) in [6.07, 6.45) is 3.39. The summed E-state index contributed by atoms with van der Waals surface area (Å²) in [7, 11) is -4.05. The van der Waals surface area contributed by atoms with Crippen LogP contribution in [0.1, 0.15) is 12.0 Å². The summed E-state index contributed by atoms with van der Waals surface area (Å²) in [5.74, 6) is -2.39. The predicted octanol–water partition coefficient (Wildman–Crippen LogP) is 2.00. The second kappa shape index (κ2) is 8.64. The Balaban J connectivity index is 1.55. The number of aromatic nitrogens is 1. The Morgan fingerprint density at radius 3 is 2.63 bits per heavy atom. The van der Waals surface area contributed by atoms with Gasteiger partial charge in [-0.1, -0.05) is 12.1 Å². The largest absolute Gasteiger partial charge is 0.347 e. The molecular weight excluding hydrogens is 416 g/mol. The lowest BCUT2D eigenvalue weighted by atomic mass is 10.2.